The van der Waals surface area contributed by atoms with Crippen LogP contribution in [0.1, 0.15) is 26.5 Å². The van der Waals surface area contributed by atoms with Gasteiger partial charge in [-0.2, -0.15) is 5.26 Å². The van der Waals surface area contributed by atoms with E-state index in [0.29, 0.717) is 11.3 Å². The van der Waals surface area contributed by atoms with Gasteiger partial charge in [0.1, 0.15) is 0 Å². The van der Waals surface area contributed by atoms with Crippen LogP contribution in [0.5, 0.6) is 0 Å². The molecule has 1 heterocycles. The molecule has 2 aromatic rings. The van der Waals surface area contributed by atoms with Crippen LogP contribution < -0.4 is 5.32 Å². The number of rotatable bonds is 3. The first-order chi connectivity index (χ1) is 9.11. The van der Waals surface area contributed by atoms with Crippen LogP contribution in [-0.2, 0) is 0 Å². The maximum atomic E-state index is 11.9. The summed E-state index contributed by atoms with van der Waals surface area (Å²) in [6.45, 7) is 0. The van der Waals surface area contributed by atoms with E-state index in [2.05, 4.69) is 15.3 Å². The van der Waals surface area contributed by atoms with Gasteiger partial charge in [-0.05, 0) is 18.2 Å². The lowest BCUT2D eigenvalue weighted by molar-refractivity contribution is 0.0686. The molecule has 2 rings (SSSR count). The number of hydrogen-bond donors (Lipinski definition) is 3. The van der Waals surface area contributed by atoms with Crippen molar-refractivity contribution < 1.29 is 14.7 Å². The molecule has 0 saturated carbocycles. The highest BCUT2D eigenvalue weighted by Gasteiger charge is 2.19. The van der Waals surface area contributed by atoms with Crippen molar-refractivity contribution in [2.24, 2.45) is 0 Å². The number of anilines is 1. The van der Waals surface area contributed by atoms with E-state index in [9.17, 15) is 9.59 Å². The number of aromatic nitrogens is 2. The van der Waals surface area contributed by atoms with Crippen LogP contribution in [0.25, 0.3) is 0 Å². The number of hydrogen-bond acceptors (Lipinski definition) is 4. The van der Waals surface area contributed by atoms with Crippen LogP contribution in [0.2, 0.25) is 0 Å². The Labute approximate surface area is 107 Å². The first-order valence-electron chi connectivity index (χ1n) is 5.20. The Morgan fingerprint density at radius 2 is 2.21 bits per heavy atom. The number of carboxylic acids is 1. The summed E-state index contributed by atoms with van der Waals surface area (Å²) in [5.41, 5.74) is 0.283. The summed E-state index contributed by atoms with van der Waals surface area (Å²) in [5, 5.41) is 20.1. The van der Waals surface area contributed by atoms with Crippen molar-refractivity contribution in [2.45, 2.75) is 0 Å². The van der Waals surface area contributed by atoms with Gasteiger partial charge in [0.2, 0.25) is 0 Å². The molecule has 19 heavy (non-hydrogen) atoms. The van der Waals surface area contributed by atoms with Crippen LogP contribution in [0, 0.1) is 11.3 Å². The standard InChI is InChI=1S/C12H8N4O3/c13-5-7-2-1-3-8(4-7)16-11(17)9-10(12(18)19)15-6-14-9/h1-4,6H,(H,14,15)(H,16,17)(H,18,19). The van der Waals surface area contributed by atoms with Crippen molar-refractivity contribution in [3.63, 3.8) is 0 Å². The van der Waals surface area contributed by atoms with Crippen molar-refractivity contribution in [1.82, 2.24) is 9.97 Å². The number of benzene rings is 1. The van der Waals surface area contributed by atoms with E-state index in [0.717, 1.165) is 6.33 Å². The first-order valence-corrected chi connectivity index (χ1v) is 5.20. The molecule has 0 bridgehead atoms. The number of carbonyl (C=O) groups is 2. The largest absolute Gasteiger partial charge is 0.477 e. The minimum absolute atomic E-state index is 0.213. The summed E-state index contributed by atoms with van der Waals surface area (Å²) in [6, 6.07) is 8.20. The normalized spacial score (nSPS) is 9.63. The SMILES string of the molecule is N#Cc1cccc(NC(=O)c2nc[nH]c2C(=O)O)c1. The highest BCUT2D eigenvalue weighted by molar-refractivity contribution is 6.08. The summed E-state index contributed by atoms with van der Waals surface area (Å²) in [5.74, 6) is -1.93. The average molecular weight is 256 g/mol. The fraction of sp³-hybridized carbons (Fsp3) is 0. The van der Waals surface area contributed by atoms with E-state index in [1.165, 1.54) is 6.07 Å². The van der Waals surface area contributed by atoms with E-state index < -0.39 is 11.9 Å². The number of carboxylic acid groups (broad SMARTS) is 1. The quantitative estimate of drug-likeness (QED) is 0.763. The second-order valence-corrected chi connectivity index (χ2v) is 3.58. The van der Waals surface area contributed by atoms with Crippen molar-refractivity contribution in [3.05, 3.63) is 47.5 Å². The Hall–Kier alpha value is -3.14. The molecule has 0 aliphatic heterocycles. The Balaban J connectivity index is 2.24. The Morgan fingerprint density at radius 3 is 2.89 bits per heavy atom. The van der Waals surface area contributed by atoms with Crippen LogP contribution >= 0.6 is 0 Å². The topological polar surface area (TPSA) is 119 Å². The summed E-state index contributed by atoms with van der Waals surface area (Å²) < 4.78 is 0. The minimum Gasteiger partial charge on any atom is -0.477 e. The maximum Gasteiger partial charge on any atom is 0.354 e. The lowest BCUT2D eigenvalue weighted by Gasteiger charge is -2.04. The number of imidazole rings is 1. The molecule has 94 valence electrons. The molecule has 1 aromatic carbocycles. The predicted octanol–water partition coefficient (Wildman–Crippen LogP) is 1.23. The van der Waals surface area contributed by atoms with Gasteiger partial charge in [-0.1, -0.05) is 6.07 Å². The zero-order valence-electron chi connectivity index (χ0n) is 9.54. The number of aromatic carboxylic acids is 1. The van der Waals surface area contributed by atoms with Crippen LogP contribution in [0.15, 0.2) is 30.6 Å². The van der Waals surface area contributed by atoms with Crippen LogP contribution in [0.3, 0.4) is 0 Å². The van der Waals surface area contributed by atoms with Gasteiger partial charge in [0, 0.05) is 5.69 Å². The van der Waals surface area contributed by atoms with E-state index in [-0.39, 0.29) is 11.4 Å². The highest BCUT2D eigenvalue weighted by atomic mass is 16.4. The van der Waals surface area contributed by atoms with Crippen molar-refractivity contribution >= 4 is 17.6 Å². The van der Waals surface area contributed by atoms with Crippen molar-refractivity contribution in [3.8, 4) is 6.07 Å². The Kier molecular flexibility index (Phi) is 3.25. The summed E-state index contributed by atoms with van der Waals surface area (Å²) in [6.07, 6.45) is 1.13. The van der Waals surface area contributed by atoms with Gasteiger partial charge in [0.25, 0.3) is 5.91 Å². The lowest BCUT2D eigenvalue weighted by atomic mass is 10.2. The van der Waals surface area contributed by atoms with Gasteiger partial charge in [-0.3, -0.25) is 4.79 Å². The van der Waals surface area contributed by atoms with E-state index in [1.807, 2.05) is 6.07 Å². The zero-order valence-corrected chi connectivity index (χ0v) is 9.54. The molecule has 0 aliphatic carbocycles. The van der Waals surface area contributed by atoms with Gasteiger partial charge in [-0.15, -0.1) is 0 Å². The van der Waals surface area contributed by atoms with Gasteiger partial charge >= 0.3 is 5.97 Å². The first kappa shape index (κ1) is 12.3. The molecule has 0 atom stereocenters. The third kappa shape index (κ3) is 2.58. The van der Waals surface area contributed by atoms with Gasteiger partial charge in [0.05, 0.1) is 18.0 Å². The summed E-state index contributed by atoms with van der Waals surface area (Å²) in [7, 11) is 0. The third-order valence-electron chi connectivity index (χ3n) is 2.32. The number of amides is 1. The number of nitrogens with one attached hydrogen (secondary N) is 2. The molecule has 0 fully saturated rings. The molecule has 7 nitrogen and oxygen atoms in total. The van der Waals surface area contributed by atoms with Crippen LogP contribution in [0.4, 0.5) is 5.69 Å². The van der Waals surface area contributed by atoms with Gasteiger partial charge in [0.15, 0.2) is 11.4 Å². The Morgan fingerprint density at radius 1 is 1.42 bits per heavy atom. The monoisotopic (exact) mass is 256 g/mol. The fourth-order valence-corrected chi connectivity index (χ4v) is 1.49. The van der Waals surface area contributed by atoms with Crippen LogP contribution in [-0.4, -0.2) is 27.0 Å². The second kappa shape index (κ2) is 5.01. The molecular formula is C12H8N4O3. The van der Waals surface area contributed by atoms with E-state index >= 15 is 0 Å². The van der Waals surface area contributed by atoms with Crippen molar-refractivity contribution in [1.29, 1.82) is 5.26 Å². The molecule has 0 radical (unpaired) electrons. The second-order valence-electron chi connectivity index (χ2n) is 3.58. The van der Waals surface area contributed by atoms with Gasteiger partial charge in [-0.25, -0.2) is 9.78 Å². The minimum atomic E-state index is -1.27. The molecule has 0 spiro atoms. The number of nitrogens with zero attached hydrogens (tertiary/aromatic N) is 2. The molecule has 1 aromatic heterocycles. The molecule has 3 N–H and O–H groups in total. The predicted molar refractivity (Wildman–Crippen MR) is 64.7 cm³/mol. The molecular weight excluding hydrogens is 248 g/mol. The third-order valence-corrected chi connectivity index (χ3v) is 2.32. The molecule has 0 unspecified atom stereocenters. The zero-order chi connectivity index (χ0) is 13.8. The van der Waals surface area contributed by atoms with Crippen molar-refractivity contribution in [2.75, 3.05) is 5.32 Å². The molecule has 1 amide bonds. The maximum absolute atomic E-state index is 11.9. The summed E-state index contributed by atoms with van der Waals surface area (Å²) >= 11 is 0. The lowest BCUT2D eigenvalue weighted by Crippen LogP contribution is -2.16. The average Bonchev–Trinajstić information content (AvgIpc) is 2.88. The number of aromatic amines is 1. The number of nitriles is 1. The summed E-state index contributed by atoms with van der Waals surface area (Å²) in [4.78, 5) is 28.7. The molecule has 0 saturated heterocycles. The number of H-pyrrole nitrogens is 1. The smallest absolute Gasteiger partial charge is 0.354 e. The van der Waals surface area contributed by atoms with E-state index in [4.69, 9.17) is 10.4 Å². The fourth-order valence-electron chi connectivity index (χ4n) is 1.49. The Bertz CT molecular complexity index is 684. The molecule has 7 heteroatoms. The van der Waals surface area contributed by atoms with Gasteiger partial charge < -0.3 is 15.4 Å². The molecule has 0 aliphatic rings. The number of carbonyl (C=O) groups excluding carboxylic acids is 1. The van der Waals surface area contributed by atoms with E-state index in [1.54, 1.807) is 18.2 Å². The highest BCUT2D eigenvalue weighted by Crippen LogP contribution is 2.12.